The Kier molecular flexibility index (Phi) is 5.42. The Bertz CT molecular complexity index is 571. The molecule has 6 heteroatoms. The van der Waals surface area contributed by atoms with Crippen LogP contribution in [0, 0.1) is 0 Å². The van der Waals surface area contributed by atoms with Crippen LogP contribution in [0.2, 0.25) is 0 Å². The molecule has 1 atom stereocenters. The van der Waals surface area contributed by atoms with Crippen LogP contribution < -0.4 is 15.5 Å². The summed E-state index contributed by atoms with van der Waals surface area (Å²) in [7, 11) is 0. The molecular weight excluding hydrogens is 302 g/mol. The number of nitrogens with zero attached hydrogens (tertiary/aromatic N) is 1. The van der Waals surface area contributed by atoms with Crippen molar-refractivity contribution in [3.8, 4) is 0 Å². The predicted molar refractivity (Wildman–Crippen MR) is 89.7 cm³/mol. The smallest absolute Gasteiger partial charge is 0.241 e. The molecule has 1 fully saturated rings. The molecule has 0 aromatic heterocycles. The summed E-state index contributed by atoms with van der Waals surface area (Å²) in [6.45, 7) is 3.22. The molecule has 1 aromatic rings. The lowest BCUT2D eigenvalue weighted by molar-refractivity contribution is -0.118. The molecule has 0 saturated carbocycles. The molecule has 2 heterocycles. The second-order valence-electron chi connectivity index (χ2n) is 5.76. The van der Waals surface area contributed by atoms with Gasteiger partial charge >= 0.3 is 0 Å². The number of rotatable bonds is 2. The van der Waals surface area contributed by atoms with Crippen LogP contribution in [0.4, 0.5) is 11.4 Å². The van der Waals surface area contributed by atoms with Gasteiger partial charge in [-0.15, -0.1) is 12.4 Å². The highest BCUT2D eigenvalue weighted by molar-refractivity contribution is 5.97. The standard InChI is InChI=1S/C16H21N3O2.ClH/c1-11(20)19-9-7-12-10-13(5-6-15(12)19)18-16(21)14-4-2-3-8-17-14;/h5-6,10,14,17H,2-4,7-9H2,1H3,(H,18,21);1H/t14-;/m1./s1. The van der Waals surface area contributed by atoms with Gasteiger partial charge in [0, 0.05) is 24.8 Å². The van der Waals surface area contributed by atoms with E-state index in [2.05, 4.69) is 10.6 Å². The van der Waals surface area contributed by atoms with Gasteiger partial charge in [-0.2, -0.15) is 0 Å². The maximum Gasteiger partial charge on any atom is 0.241 e. The minimum Gasteiger partial charge on any atom is -0.325 e. The van der Waals surface area contributed by atoms with E-state index >= 15 is 0 Å². The van der Waals surface area contributed by atoms with E-state index in [-0.39, 0.29) is 30.3 Å². The third kappa shape index (κ3) is 3.42. The van der Waals surface area contributed by atoms with E-state index in [1.807, 2.05) is 18.2 Å². The monoisotopic (exact) mass is 323 g/mol. The summed E-state index contributed by atoms with van der Waals surface area (Å²) in [4.78, 5) is 25.5. The van der Waals surface area contributed by atoms with E-state index in [9.17, 15) is 9.59 Å². The lowest BCUT2D eigenvalue weighted by atomic mass is 10.0. The molecule has 0 spiro atoms. The Morgan fingerprint density at radius 1 is 1.32 bits per heavy atom. The van der Waals surface area contributed by atoms with E-state index in [1.165, 1.54) is 0 Å². The maximum atomic E-state index is 12.2. The number of carbonyl (C=O) groups is 2. The number of amides is 2. The average Bonchev–Trinajstić information content (AvgIpc) is 2.91. The zero-order chi connectivity index (χ0) is 14.8. The quantitative estimate of drug-likeness (QED) is 0.876. The maximum absolute atomic E-state index is 12.2. The summed E-state index contributed by atoms with van der Waals surface area (Å²) in [6.07, 6.45) is 3.99. The summed E-state index contributed by atoms with van der Waals surface area (Å²) in [5, 5.41) is 6.23. The average molecular weight is 324 g/mol. The number of hydrogen-bond donors (Lipinski definition) is 2. The largest absolute Gasteiger partial charge is 0.325 e. The fraction of sp³-hybridized carbons (Fsp3) is 0.500. The summed E-state index contributed by atoms with van der Waals surface area (Å²) in [5.41, 5.74) is 2.91. The van der Waals surface area contributed by atoms with Crippen LogP contribution in [0.3, 0.4) is 0 Å². The van der Waals surface area contributed by atoms with Gasteiger partial charge in [-0.3, -0.25) is 9.59 Å². The first-order valence-electron chi connectivity index (χ1n) is 7.60. The molecule has 2 amide bonds. The number of benzene rings is 1. The molecule has 1 saturated heterocycles. The van der Waals surface area contributed by atoms with Crippen molar-refractivity contribution >= 4 is 35.6 Å². The van der Waals surface area contributed by atoms with Crippen molar-refractivity contribution in [3.05, 3.63) is 23.8 Å². The van der Waals surface area contributed by atoms with Gasteiger partial charge in [0.15, 0.2) is 0 Å². The molecule has 1 aromatic carbocycles. The predicted octanol–water partition coefficient (Wildman–Crippen LogP) is 2.10. The topological polar surface area (TPSA) is 61.4 Å². The first-order chi connectivity index (χ1) is 10.1. The molecular formula is C16H22ClN3O2. The van der Waals surface area contributed by atoms with Crippen molar-refractivity contribution in [2.45, 2.75) is 38.6 Å². The molecule has 2 aliphatic heterocycles. The van der Waals surface area contributed by atoms with Crippen molar-refractivity contribution in [2.75, 3.05) is 23.3 Å². The van der Waals surface area contributed by atoms with Crippen LogP contribution in [0.1, 0.15) is 31.7 Å². The fourth-order valence-corrected chi connectivity index (χ4v) is 3.11. The Morgan fingerprint density at radius 2 is 2.14 bits per heavy atom. The molecule has 2 N–H and O–H groups in total. The van der Waals surface area contributed by atoms with Crippen molar-refractivity contribution in [3.63, 3.8) is 0 Å². The molecule has 0 radical (unpaired) electrons. The molecule has 2 aliphatic rings. The highest BCUT2D eigenvalue weighted by atomic mass is 35.5. The van der Waals surface area contributed by atoms with E-state index in [0.717, 1.165) is 55.7 Å². The summed E-state index contributed by atoms with van der Waals surface area (Å²) < 4.78 is 0. The summed E-state index contributed by atoms with van der Waals surface area (Å²) in [6, 6.07) is 5.70. The molecule has 3 rings (SSSR count). The third-order valence-corrected chi connectivity index (χ3v) is 4.25. The minimum absolute atomic E-state index is 0. The molecule has 22 heavy (non-hydrogen) atoms. The molecule has 5 nitrogen and oxygen atoms in total. The number of nitrogens with one attached hydrogen (secondary N) is 2. The van der Waals surface area contributed by atoms with Crippen molar-refractivity contribution < 1.29 is 9.59 Å². The Labute approximate surface area is 136 Å². The number of piperidine rings is 1. The minimum atomic E-state index is -0.0827. The van der Waals surface area contributed by atoms with E-state index in [1.54, 1.807) is 11.8 Å². The molecule has 0 aliphatic carbocycles. The first kappa shape index (κ1) is 16.8. The van der Waals surface area contributed by atoms with Gasteiger partial charge in [0.25, 0.3) is 0 Å². The van der Waals surface area contributed by atoms with Crippen molar-refractivity contribution in [1.82, 2.24) is 5.32 Å². The lowest BCUT2D eigenvalue weighted by Crippen LogP contribution is -2.43. The van der Waals surface area contributed by atoms with Crippen molar-refractivity contribution in [2.24, 2.45) is 0 Å². The third-order valence-electron chi connectivity index (χ3n) is 4.25. The van der Waals surface area contributed by atoms with Gasteiger partial charge in [-0.1, -0.05) is 6.42 Å². The zero-order valence-corrected chi connectivity index (χ0v) is 13.5. The van der Waals surface area contributed by atoms with Crippen LogP contribution in [0.15, 0.2) is 18.2 Å². The zero-order valence-electron chi connectivity index (χ0n) is 12.7. The SMILES string of the molecule is CC(=O)N1CCc2cc(NC(=O)[C@H]3CCCCN3)ccc21.Cl. The number of fused-ring (bicyclic) bond motifs is 1. The number of hydrogen-bond acceptors (Lipinski definition) is 3. The second kappa shape index (κ2) is 7.11. The lowest BCUT2D eigenvalue weighted by Gasteiger charge is -2.22. The molecule has 0 unspecified atom stereocenters. The highest BCUT2D eigenvalue weighted by Crippen LogP contribution is 2.30. The van der Waals surface area contributed by atoms with Gasteiger partial charge in [0.05, 0.1) is 6.04 Å². The highest BCUT2D eigenvalue weighted by Gasteiger charge is 2.24. The van der Waals surface area contributed by atoms with Gasteiger partial charge < -0.3 is 15.5 Å². The Hall–Kier alpha value is -1.59. The van der Waals surface area contributed by atoms with E-state index < -0.39 is 0 Å². The van der Waals surface area contributed by atoms with Gasteiger partial charge in [-0.05, 0) is 49.6 Å². The van der Waals surface area contributed by atoms with E-state index in [4.69, 9.17) is 0 Å². The summed E-state index contributed by atoms with van der Waals surface area (Å²) in [5.74, 6) is 0.105. The number of carbonyl (C=O) groups excluding carboxylic acids is 2. The van der Waals surface area contributed by atoms with Gasteiger partial charge in [0.2, 0.25) is 11.8 Å². The van der Waals surface area contributed by atoms with Crippen molar-refractivity contribution in [1.29, 1.82) is 0 Å². The number of anilines is 2. The normalized spacial score (nSPS) is 20.0. The Balaban J connectivity index is 0.00000176. The van der Waals surface area contributed by atoms with Crippen LogP contribution in [0.25, 0.3) is 0 Å². The van der Waals surface area contributed by atoms with Gasteiger partial charge in [-0.25, -0.2) is 0 Å². The Morgan fingerprint density at radius 3 is 2.82 bits per heavy atom. The summed E-state index contributed by atoms with van der Waals surface area (Å²) >= 11 is 0. The van der Waals surface area contributed by atoms with Crippen LogP contribution in [0.5, 0.6) is 0 Å². The number of halogens is 1. The molecule has 120 valence electrons. The van der Waals surface area contributed by atoms with E-state index in [0.29, 0.717) is 0 Å². The fourth-order valence-electron chi connectivity index (χ4n) is 3.11. The van der Waals surface area contributed by atoms with Crippen LogP contribution >= 0.6 is 12.4 Å². The second-order valence-corrected chi connectivity index (χ2v) is 5.76. The van der Waals surface area contributed by atoms with Crippen LogP contribution in [-0.2, 0) is 16.0 Å². The molecule has 0 bridgehead atoms. The first-order valence-corrected chi connectivity index (χ1v) is 7.60. The van der Waals surface area contributed by atoms with Gasteiger partial charge in [0.1, 0.15) is 0 Å². The van der Waals surface area contributed by atoms with Crippen LogP contribution in [-0.4, -0.2) is 30.9 Å².